The molecule has 0 radical (unpaired) electrons. The van der Waals surface area contributed by atoms with E-state index in [9.17, 15) is 18.8 Å². The number of aromatic nitrogens is 3. The van der Waals surface area contributed by atoms with Crippen molar-refractivity contribution in [1.29, 1.82) is 0 Å². The van der Waals surface area contributed by atoms with Gasteiger partial charge < -0.3 is 5.32 Å². The minimum absolute atomic E-state index is 0.0225. The zero-order valence-electron chi connectivity index (χ0n) is 19.1. The standard InChI is InChI=1S/C26H25FN4O3S/c27-19-10-8-18(9-11-19)15-31-25(33)23-22(20-7-4-13-29-24(20)35-23)30(26(31)34)16-21(32)28-14-12-17-5-2-1-3-6-17/h4-5,7-11,13H,1-3,6,12,14-16H2,(H,28,32). The second-order valence-corrected chi connectivity index (χ2v) is 9.73. The van der Waals surface area contributed by atoms with Gasteiger partial charge in [0.1, 0.15) is 21.9 Å². The summed E-state index contributed by atoms with van der Waals surface area (Å²) in [5, 5.41) is 3.58. The molecule has 0 unspecified atom stereocenters. The van der Waals surface area contributed by atoms with Gasteiger partial charge in [-0.15, -0.1) is 11.3 Å². The number of fused-ring (bicyclic) bond motifs is 3. The number of thiophene rings is 1. The molecule has 9 heteroatoms. The maximum Gasteiger partial charge on any atom is 0.332 e. The van der Waals surface area contributed by atoms with E-state index in [-0.39, 0.29) is 19.0 Å². The molecule has 4 aromatic rings. The highest BCUT2D eigenvalue weighted by molar-refractivity contribution is 7.25. The van der Waals surface area contributed by atoms with E-state index in [1.54, 1.807) is 18.3 Å². The van der Waals surface area contributed by atoms with Crippen molar-refractivity contribution >= 4 is 37.7 Å². The summed E-state index contributed by atoms with van der Waals surface area (Å²) in [6.07, 6.45) is 9.23. The number of pyridine rings is 1. The number of benzene rings is 1. The predicted molar refractivity (Wildman–Crippen MR) is 135 cm³/mol. The Balaban J connectivity index is 1.51. The van der Waals surface area contributed by atoms with E-state index in [1.165, 1.54) is 58.6 Å². The van der Waals surface area contributed by atoms with E-state index in [2.05, 4.69) is 16.4 Å². The SMILES string of the molecule is O=C(Cn1c(=O)n(Cc2ccc(F)cc2)c(=O)c2sc3ncccc3c21)NCCC1=CCCCC1. The van der Waals surface area contributed by atoms with Gasteiger partial charge in [0.25, 0.3) is 5.56 Å². The molecule has 0 saturated heterocycles. The lowest BCUT2D eigenvalue weighted by Gasteiger charge is -2.14. The van der Waals surface area contributed by atoms with Gasteiger partial charge in [-0.25, -0.2) is 14.2 Å². The molecule has 1 aliphatic carbocycles. The lowest BCUT2D eigenvalue weighted by Crippen LogP contribution is -2.42. The summed E-state index contributed by atoms with van der Waals surface area (Å²) in [7, 11) is 0. The van der Waals surface area contributed by atoms with Gasteiger partial charge in [0.2, 0.25) is 5.91 Å². The summed E-state index contributed by atoms with van der Waals surface area (Å²) in [6, 6.07) is 9.19. The normalized spacial score (nSPS) is 13.8. The second-order valence-electron chi connectivity index (χ2n) is 8.73. The van der Waals surface area contributed by atoms with Crippen molar-refractivity contribution in [1.82, 2.24) is 19.4 Å². The van der Waals surface area contributed by atoms with Gasteiger partial charge in [0.05, 0.1) is 12.1 Å². The van der Waals surface area contributed by atoms with Crippen LogP contribution in [-0.4, -0.2) is 26.6 Å². The first kappa shape index (κ1) is 23.2. The molecule has 5 rings (SSSR count). The van der Waals surface area contributed by atoms with Crippen molar-refractivity contribution < 1.29 is 9.18 Å². The predicted octanol–water partition coefficient (Wildman–Crippen LogP) is 3.97. The van der Waals surface area contributed by atoms with Crippen LogP contribution in [0.5, 0.6) is 0 Å². The lowest BCUT2D eigenvalue weighted by molar-refractivity contribution is -0.121. The van der Waals surface area contributed by atoms with Gasteiger partial charge in [-0.05, 0) is 61.9 Å². The Morgan fingerprint density at radius 3 is 2.71 bits per heavy atom. The van der Waals surface area contributed by atoms with Crippen LogP contribution in [0.3, 0.4) is 0 Å². The smallest absolute Gasteiger partial charge is 0.332 e. The average molecular weight is 493 g/mol. The van der Waals surface area contributed by atoms with Crippen LogP contribution in [0.2, 0.25) is 0 Å². The fraction of sp³-hybridized carbons (Fsp3) is 0.308. The summed E-state index contributed by atoms with van der Waals surface area (Å²) in [5.74, 6) is -0.690. The first-order valence-electron chi connectivity index (χ1n) is 11.7. The zero-order valence-corrected chi connectivity index (χ0v) is 19.9. The molecule has 3 aromatic heterocycles. The summed E-state index contributed by atoms with van der Waals surface area (Å²) in [6.45, 7) is 0.272. The molecule has 0 spiro atoms. The highest BCUT2D eigenvalue weighted by Crippen LogP contribution is 2.29. The molecule has 35 heavy (non-hydrogen) atoms. The number of hydrogen-bond acceptors (Lipinski definition) is 5. The van der Waals surface area contributed by atoms with E-state index in [0.717, 1.165) is 23.8 Å². The highest BCUT2D eigenvalue weighted by Gasteiger charge is 2.20. The quantitative estimate of drug-likeness (QED) is 0.396. The molecule has 1 aliphatic rings. The van der Waals surface area contributed by atoms with Crippen LogP contribution < -0.4 is 16.6 Å². The molecule has 0 fully saturated rings. The van der Waals surface area contributed by atoms with Crippen LogP contribution in [0.1, 0.15) is 37.7 Å². The number of rotatable bonds is 7. The minimum atomic E-state index is -0.583. The number of carbonyl (C=O) groups excluding carboxylic acids is 1. The number of allylic oxidation sites excluding steroid dienone is 1. The van der Waals surface area contributed by atoms with Gasteiger partial charge in [-0.2, -0.15) is 0 Å². The second kappa shape index (κ2) is 9.95. The van der Waals surface area contributed by atoms with Gasteiger partial charge in [-0.3, -0.25) is 18.7 Å². The number of nitrogens with zero attached hydrogens (tertiary/aromatic N) is 3. The molecule has 0 saturated carbocycles. The maximum absolute atomic E-state index is 13.5. The van der Waals surface area contributed by atoms with E-state index >= 15 is 0 Å². The first-order valence-corrected chi connectivity index (χ1v) is 12.5. The largest absolute Gasteiger partial charge is 0.354 e. The first-order chi connectivity index (χ1) is 17.0. The summed E-state index contributed by atoms with van der Waals surface area (Å²) in [5.41, 5.74) is 1.37. The zero-order chi connectivity index (χ0) is 24.4. The Kier molecular flexibility index (Phi) is 6.59. The Hall–Kier alpha value is -3.59. The van der Waals surface area contributed by atoms with Crippen molar-refractivity contribution in [2.45, 2.75) is 45.2 Å². The van der Waals surface area contributed by atoms with Crippen LogP contribution in [0.25, 0.3) is 20.4 Å². The summed E-state index contributed by atoms with van der Waals surface area (Å²) < 4.78 is 16.2. The average Bonchev–Trinajstić information content (AvgIpc) is 3.26. The Morgan fingerprint density at radius 1 is 1.11 bits per heavy atom. The Morgan fingerprint density at radius 2 is 1.94 bits per heavy atom. The maximum atomic E-state index is 13.5. The third-order valence-electron chi connectivity index (χ3n) is 6.32. The number of carbonyl (C=O) groups is 1. The topological polar surface area (TPSA) is 86.0 Å². The lowest BCUT2D eigenvalue weighted by atomic mass is 9.97. The molecule has 1 aromatic carbocycles. The molecule has 0 bridgehead atoms. The number of nitrogens with one attached hydrogen (secondary N) is 1. The van der Waals surface area contributed by atoms with Crippen LogP contribution >= 0.6 is 11.3 Å². The third kappa shape index (κ3) is 4.81. The summed E-state index contributed by atoms with van der Waals surface area (Å²) in [4.78, 5) is 44.7. The van der Waals surface area contributed by atoms with E-state index in [0.29, 0.717) is 32.5 Å². The molecule has 0 atom stereocenters. The minimum Gasteiger partial charge on any atom is -0.354 e. The monoisotopic (exact) mass is 492 g/mol. The van der Waals surface area contributed by atoms with Gasteiger partial charge in [0, 0.05) is 18.1 Å². The molecular weight excluding hydrogens is 467 g/mol. The van der Waals surface area contributed by atoms with Crippen molar-refractivity contribution in [3.8, 4) is 0 Å². The Labute approximate surface area is 204 Å². The van der Waals surface area contributed by atoms with Gasteiger partial charge in [0.15, 0.2) is 0 Å². The highest BCUT2D eigenvalue weighted by atomic mass is 32.1. The molecule has 180 valence electrons. The van der Waals surface area contributed by atoms with E-state index in [4.69, 9.17) is 0 Å². The van der Waals surface area contributed by atoms with Crippen molar-refractivity contribution in [3.05, 3.63) is 86.5 Å². The Bertz CT molecular complexity index is 1550. The molecule has 3 heterocycles. The molecule has 0 aliphatic heterocycles. The fourth-order valence-electron chi connectivity index (χ4n) is 4.54. The van der Waals surface area contributed by atoms with Crippen molar-refractivity contribution in [2.24, 2.45) is 0 Å². The number of amides is 1. The number of halogens is 1. The molecule has 1 amide bonds. The van der Waals surface area contributed by atoms with Crippen molar-refractivity contribution in [3.63, 3.8) is 0 Å². The fourth-order valence-corrected chi connectivity index (χ4v) is 5.63. The molecular formula is C26H25FN4O3S. The van der Waals surface area contributed by atoms with Crippen molar-refractivity contribution in [2.75, 3.05) is 6.54 Å². The van der Waals surface area contributed by atoms with E-state index in [1.807, 2.05) is 0 Å². The third-order valence-corrected chi connectivity index (χ3v) is 7.41. The molecule has 1 N–H and O–H groups in total. The van der Waals surface area contributed by atoms with Crippen LogP contribution in [-0.2, 0) is 17.9 Å². The van der Waals surface area contributed by atoms with Gasteiger partial charge >= 0.3 is 5.69 Å². The van der Waals surface area contributed by atoms with Gasteiger partial charge in [-0.1, -0.05) is 23.8 Å². The van der Waals surface area contributed by atoms with Crippen LogP contribution in [0, 0.1) is 5.82 Å². The molecule has 7 nitrogen and oxygen atoms in total. The summed E-state index contributed by atoms with van der Waals surface area (Å²) >= 11 is 1.20. The van der Waals surface area contributed by atoms with Crippen LogP contribution in [0.15, 0.2) is 63.8 Å². The van der Waals surface area contributed by atoms with E-state index < -0.39 is 17.1 Å². The number of hydrogen-bond donors (Lipinski definition) is 1. The van der Waals surface area contributed by atoms with Crippen LogP contribution in [0.4, 0.5) is 4.39 Å².